The second-order valence-electron chi connectivity index (χ2n) is 5.70. The van der Waals surface area contributed by atoms with Crippen LogP contribution in [0.4, 0.5) is 4.39 Å². The molecule has 0 atom stereocenters. The Hall–Kier alpha value is -3.35. The predicted octanol–water partition coefficient (Wildman–Crippen LogP) is 3.74. The Morgan fingerprint density at radius 3 is 2.40 bits per heavy atom. The minimum absolute atomic E-state index is 0.293. The monoisotopic (exact) mass is 335 g/mol. The van der Waals surface area contributed by atoms with Crippen LogP contribution in [-0.2, 0) is 0 Å². The van der Waals surface area contributed by atoms with E-state index in [1.165, 1.54) is 12.1 Å². The lowest BCUT2D eigenvalue weighted by atomic mass is 10.1. The highest BCUT2D eigenvalue weighted by Gasteiger charge is 2.18. The number of hydrogen-bond donors (Lipinski definition) is 0. The van der Waals surface area contributed by atoms with Gasteiger partial charge in [0.15, 0.2) is 5.69 Å². The molecule has 0 spiro atoms. The summed E-state index contributed by atoms with van der Waals surface area (Å²) in [6.45, 7) is 3.86. The zero-order valence-corrected chi connectivity index (χ0v) is 13.6. The summed E-state index contributed by atoms with van der Waals surface area (Å²) in [5, 5.41) is 12.2. The maximum atomic E-state index is 13.1. The number of aromatic nitrogens is 5. The number of rotatable bonds is 3. The standard InChI is InChI=1S/C18H14FN5O/c1-11-3-5-13(6-4-11)17-20-18(25-22-17)16-12(2)24(23-21-16)15-9-7-14(19)8-10-15/h3-10H,1-2H3. The molecule has 0 N–H and O–H groups in total. The highest BCUT2D eigenvalue weighted by molar-refractivity contribution is 5.59. The van der Waals surface area contributed by atoms with Crippen LogP contribution in [0, 0.1) is 19.7 Å². The second kappa shape index (κ2) is 5.94. The van der Waals surface area contributed by atoms with Gasteiger partial charge in [0.2, 0.25) is 5.82 Å². The van der Waals surface area contributed by atoms with Gasteiger partial charge in [0.1, 0.15) is 5.82 Å². The lowest BCUT2D eigenvalue weighted by Gasteiger charge is -2.02. The lowest BCUT2D eigenvalue weighted by Crippen LogP contribution is -1.99. The molecule has 0 aliphatic rings. The minimum Gasteiger partial charge on any atom is -0.332 e. The Morgan fingerprint density at radius 1 is 0.960 bits per heavy atom. The second-order valence-corrected chi connectivity index (χ2v) is 5.70. The van der Waals surface area contributed by atoms with Crippen molar-refractivity contribution in [3.63, 3.8) is 0 Å². The van der Waals surface area contributed by atoms with Gasteiger partial charge in [-0.3, -0.25) is 0 Å². The van der Waals surface area contributed by atoms with Crippen LogP contribution in [0.15, 0.2) is 53.1 Å². The van der Waals surface area contributed by atoms with Crippen molar-refractivity contribution in [2.75, 3.05) is 0 Å². The van der Waals surface area contributed by atoms with Gasteiger partial charge < -0.3 is 4.52 Å². The van der Waals surface area contributed by atoms with Gasteiger partial charge in [-0.15, -0.1) is 5.10 Å². The summed E-state index contributed by atoms with van der Waals surface area (Å²) in [4.78, 5) is 4.41. The molecule has 2 aromatic carbocycles. The van der Waals surface area contributed by atoms with Crippen LogP contribution in [0.1, 0.15) is 11.3 Å². The summed E-state index contributed by atoms with van der Waals surface area (Å²) >= 11 is 0. The molecule has 25 heavy (non-hydrogen) atoms. The van der Waals surface area contributed by atoms with E-state index < -0.39 is 0 Å². The molecule has 0 bridgehead atoms. The zero-order valence-electron chi connectivity index (χ0n) is 13.6. The molecule has 0 saturated heterocycles. The molecule has 0 unspecified atom stereocenters. The first kappa shape index (κ1) is 15.2. The van der Waals surface area contributed by atoms with Crippen molar-refractivity contribution in [2.24, 2.45) is 0 Å². The highest BCUT2D eigenvalue weighted by atomic mass is 19.1. The summed E-state index contributed by atoms with van der Waals surface area (Å²) in [5.74, 6) is 0.480. The maximum Gasteiger partial charge on any atom is 0.280 e. The maximum absolute atomic E-state index is 13.1. The van der Waals surface area contributed by atoms with Crippen LogP contribution < -0.4 is 0 Å². The lowest BCUT2D eigenvalue weighted by molar-refractivity contribution is 0.430. The van der Waals surface area contributed by atoms with Crippen LogP contribution in [0.5, 0.6) is 0 Å². The van der Waals surface area contributed by atoms with Crippen LogP contribution in [0.3, 0.4) is 0 Å². The Bertz CT molecular complexity index is 1020. The van der Waals surface area contributed by atoms with Gasteiger partial charge in [-0.1, -0.05) is 40.2 Å². The largest absolute Gasteiger partial charge is 0.332 e. The molecule has 0 fully saturated rings. The summed E-state index contributed by atoms with van der Waals surface area (Å²) in [7, 11) is 0. The molecule has 0 aliphatic heterocycles. The van der Waals surface area contributed by atoms with Crippen molar-refractivity contribution in [3.05, 3.63) is 65.6 Å². The van der Waals surface area contributed by atoms with Gasteiger partial charge in [0, 0.05) is 5.56 Å². The summed E-state index contributed by atoms with van der Waals surface area (Å²) in [6.07, 6.45) is 0. The van der Waals surface area contributed by atoms with Crippen molar-refractivity contribution in [2.45, 2.75) is 13.8 Å². The van der Waals surface area contributed by atoms with Crippen molar-refractivity contribution < 1.29 is 8.91 Å². The molecule has 0 radical (unpaired) electrons. The molecule has 6 nitrogen and oxygen atoms in total. The third kappa shape index (κ3) is 2.80. The average Bonchev–Trinajstić information content (AvgIpc) is 3.23. The summed E-state index contributed by atoms with van der Waals surface area (Å²) < 4.78 is 20.0. The highest BCUT2D eigenvalue weighted by Crippen LogP contribution is 2.24. The van der Waals surface area contributed by atoms with E-state index >= 15 is 0 Å². The van der Waals surface area contributed by atoms with Gasteiger partial charge in [-0.2, -0.15) is 4.98 Å². The molecule has 7 heteroatoms. The number of nitrogens with zero attached hydrogens (tertiary/aromatic N) is 5. The Kier molecular flexibility index (Phi) is 3.61. The Labute approximate surface area is 142 Å². The SMILES string of the molecule is Cc1ccc(-c2noc(-c3nnn(-c4ccc(F)cc4)c3C)n2)cc1. The summed E-state index contributed by atoms with van der Waals surface area (Å²) in [5.41, 5.74) is 3.95. The van der Waals surface area contributed by atoms with E-state index in [9.17, 15) is 4.39 Å². The van der Waals surface area contributed by atoms with Gasteiger partial charge in [-0.05, 0) is 38.1 Å². The Morgan fingerprint density at radius 2 is 1.68 bits per heavy atom. The molecule has 4 aromatic rings. The van der Waals surface area contributed by atoms with Gasteiger partial charge >= 0.3 is 0 Å². The van der Waals surface area contributed by atoms with Crippen molar-refractivity contribution in [1.29, 1.82) is 0 Å². The fourth-order valence-corrected chi connectivity index (χ4v) is 2.49. The van der Waals surface area contributed by atoms with Crippen molar-refractivity contribution in [1.82, 2.24) is 25.1 Å². The third-order valence-electron chi connectivity index (χ3n) is 3.90. The van der Waals surface area contributed by atoms with Crippen molar-refractivity contribution in [3.8, 4) is 28.7 Å². The molecule has 2 heterocycles. The fraction of sp³-hybridized carbons (Fsp3) is 0.111. The molecule has 0 amide bonds. The zero-order chi connectivity index (χ0) is 17.4. The van der Waals surface area contributed by atoms with E-state index in [2.05, 4.69) is 20.5 Å². The number of hydrogen-bond acceptors (Lipinski definition) is 5. The van der Waals surface area contributed by atoms with Crippen LogP contribution >= 0.6 is 0 Å². The number of aryl methyl sites for hydroxylation is 1. The third-order valence-corrected chi connectivity index (χ3v) is 3.90. The first-order chi connectivity index (χ1) is 12.1. The smallest absolute Gasteiger partial charge is 0.280 e. The quantitative estimate of drug-likeness (QED) is 0.570. The van der Waals surface area contributed by atoms with E-state index in [-0.39, 0.29) is 5.82 Å². The van der Waals surface area contributed by atoms with Crippen LogP contribution in [0.2, 0.25) is 0 Å². The average molecular weight is 335 g/mol. The molecule has 4 rings (SSSR count). The molecule has 0 aliphatic carbocycles. The van der Waals surface area contributed by atoms with E-state index in [1.54, 1.807) is 16.8 Å². The fourth-order valence-electron chi connectivity index (χ4n) is 2.49. The molecule has 0 saturated carbocycles. The topological polar surface area (TPSA) is 69.6 Å². The number of halogens is 1. The van der Waals surface area contributed by atoms with Crippen LogP contribution in [-0.4, -0.2) is 25.1 Å². The van der Waals surface area contributed by atoms with E-state index in [0.29, 0.717) is 23.1 Å². The molecular weight excluding hydrogens is 321 g/mol. The van der Waals surface area contributed by atoms with E-state index in [4.69, 9.17) is 4.52 Å². The van der Waals surface area contributed by atoms with Crippen LogP contribution in [0.25, 0.3) is 28.7 Å². The Balaban J connectivity index is 1.69. The number of benzene rings is 2. The molecular formula is C18H14FN5O. The molecule has 2 aromatic heterocycles. The predicted molar refractivity (Wildman–Crippen MR) is 89.5 cm³/mol. The molecule has 124 valence electrons. The first-order valence-electron chi connectivity index (χ1n) is 7.71. The van der Waals surface area contributed by atoms with E-state index in [0.717, 1.165) is 16.8 Å². The van der Waals surface area contributed by atoms with Crippen molar-refractivity contribution >= 4 is 0 Å². The normalized spacial score (nSPS) is 11.0. The van der Waals surface area contributed by atoms with Gasteiger partial charge in [0.25, 0.3) is 5.89 Å². The van der Waals surface area contributed by atoms with E-state index in [1.807, 2.05) is 38.1 Å². The minimum atomic E-state index is -0.304. The summed E-state index contributed by atoms with van der Waals surface area (Å²) in [6, 6.07) is 13.9. The van der Waals surface area contributed by atoms with Gasteiger partial charge in [-0.25, -0.2) is 9.07 Å². The van der Waals surface area contributed by atoms with Gasteiger partial charge in [0.05, 0.1) is 11.4 Å². The first-order valence-corrected chi connectivity index (χ1v) is 7.71.